The van der Waals surface area contributed by atoms with Gasteiger partial charge in [-0.05, 0) is 37.7 Å². The first-order valence-electron chi connectivity index (χ1n) is 5.52. The molecule has 1 atom stereocenters. The number of hydrogen-bond acceptors (Lipinski definition) is 3. The normalized spacial score (nSPS) is 21.9. The number of nitrogens with one attached hydrogen (secondary N) is 1. The minimum atomic E-state index is 0.596. The van der Waals surface area contributed by atoms with Gasteiger partial charge in [0, 0.05) is 24.8 Å². The van der Waals surface area contributed by atoms with Crippen LogP contribution in [0.15, 0.2) is 24.3 Å². The lowest BCUT2D eigenvalue weighted by atomic mass is 10.2. The third-order valence-corrected chi connectivity index (χ3v) is 2.95. The zero-order valence-corrected chi connectivity index (χ0v) is 9.24. The summed E-state index contributed by atoms with van der Waals surface area (Å²) in [6, 6.07) is 8.99. The molecule has 1 heterocycles. The van der Waals surface area contributed by atoms with Crippen molar-refractivity contribution >= 4 is 5.69 Å². The molecule has 0 spiro atoms. The molecule has 0 bridgehead atoms. The average molecular weight is 205 g/mol. The zero-order chi connectivity index (χ0) is 10.7. The van der Waals surface area contributed by atoms with Crippen LogP contribution in [0.2, 0.25) is 0 Å². The van der Waals surface area contributed by atoms with Crippen molar-refractivity contribution in [3.8, 4) is 0 Å². The van der Waals surface area contributed by atoms with Gasteiger partial charge >= 0.3 is 0 Å². The van der Waals surface area contributed by atoms with E-state index in [0.717, 1.165) is 6.54 Å². The van der Waals surface area contributed by atoms with Gasteiger partial charge in [0.1, 0.15) is 0 Å². The number of anilines is 1. The molecule has 3 heteroatoms. The maximum absolute atomic E-state index is 5.55. The molecule has 1 aliphatic heterocycles. The van der Waals surface area contributed by atoms with Crippen molar-refractivity contribution in [2.75, 3.05) is 25.5 Å². The number of rotatable bonds is 3. The van der Waals surface area contributed by atoms with Crippen molar-refractivity contribution in [3.63, 3.8) is 0 Å². The molecule has 0 aliphatic carbocycles. The molecule has 2 rings (SSSR count). The summed E-state index contributed by atoms with van der Waals surface area (Å²) < 4.78 is 0. The van der Waals surface area contributed by atoms with E-state index < -0.39 is 0 Å². The van der Waals surface area contributed by atoms with E-state index in [2.05, 4.69) is 41.5 Å². The first-order valence-corrected chi connectivity index (χ1v) is 5.52. The lowest BCUT2D eigenvalue weighted by molar-refractivity contribution is 0.414. The number of benzene rings is 1. The molecule has 1 aromatic rings. The van der Waals surface area contributed by atoms with Gasteiger partial charge in [-0.1, -0.05) is 12.1 Å². The summed E-state index contributed by atoms with van der Waals surface area (Å²) in [6.07, 6.45) is 1.23. The zero-order valence-electron chi connectivity index (χ0n) is 9.24. The Balaban J connectivity index is 1.93. The summed E-state index contributed by atoms with van der Waals surface area (Å²) in [4.78, 5) is 2.35. The fourth-order valence-corrected chi connectivity index (χ4v) is 2.03. The highest BCUT2D eigenvalue weighted by Crippen LogP contribution is 2.15. The molecule has 0 saturated carbocycles. The van der Waals surface area contributed by atoms with Crippen molar-refractivity contribution in [1.29, 1.82) is 0 Å². The van der Waals surface area contributed by atoms with Gasteiger partial charge in [0.25, 0.3) is 0 Å². The van der Waals surface area contributed by atoms with E-state index in [-0.39, 0.29) is 0 Å². The average Bonchev–Trinajstić information content (AvgIpc) is 2.65. The first kappa shape index (κ1) is 10.5. The second-order valence-corrected chi connectivity index (χ2v) is 4.29. The standard InChI is InChI=1S/C12H19N3/c1-15-7-6-12(9-15)14-11-4-2-10(8-13)3-5-11/h2-5,12,14H,6-9,13H2,1H3. The van der Waals surface area contributed by atoms with E-state index in [1.807, 2.05) is 0 Å². The maximum atomic E-state index is 5.55. The molecule has 1 saturated heterocycles. The summed E-state index contributed by atoms with van der Waals surface area (Å²) in [7, 11) is 2.17. The molecular weight excluding hydrogens is 186 g/mol. The highest BCUT2D eigenvalue weighted by Gasteiger charge is 2.18. The SMILES string of the molecule is CN1CCC(Nc2ccc(CN)cc2)C1. The quantitative estimate of drug-likeness (QED) is 0.780. The van der Waals surface area contributed by atoms with Crippen LogP contribution in [-0.4, -0.2) is 31.1 Å². The second-order valence-electron chi connectivity index (χ2n) is 4.29. The number of nitrogens with zero attached hydrogens (tertiary/aromatic N) is 1. The Hall–Kier alpha value is -1.06. The lowest BCUT2D eigenvalue weighted by Crippen LogP contribution is -2.23. The smallest absolute Gasteiger partial charge is 0.0400 e. The third-order valence-electron chi connectivity index (χ3n) is 2.95. The van der Waals surface area contributed by atoms with Gasteiger partial charge in [-0.25, -0.2) is 0 Å². The van der Waals surface area contributed by atoms with Crippen molar-refractivity contribution in [3.05, 3.63) is 29.8 Å². The topological polar surface area (TPSA) is 41.3 Å². The second kappa shape index (κ2) is 4.64. The van der Waals surface area contributed by atoms with Crippen LogP contribution in [-0.2, 0) is 6.54 Å². The van der Waals surface area contributed by atoms with Gasteiger partial charge in [-0.15, -0.1) is 0 Å². The minimum absolute atomic E-state index is 0.596. The summed E-state index contributed by atoms with van der Waals surface area (Å²) in [6.45, 7) is 2.95. The molecular formula is C12H19N3. The Morgan fingerprint density at radius 1 is 1.40 bits per heavy atom. The molecule has 1 fully saturated rings. The molecule has 1 aromatic carbocycles. The van der Waals surface area contributed by atoms with Crippen LogP contribution in [0.5, 0.6) is 0 Å². The molecule has 3 N–H and O–H groups in total. The third kappa shape index (κ3) is 2.70. The van der Waals surface area contributed by atoms with E-state index in [0.29, 0.717) is 12.6 Å². The number of likely N-dealkylation sites (tertiary alicyclic amines) is 1. The van der Waals surface area contributed by atoms with Gasteiger partial charge < -0.3 is 16.0 Å². The van der Waals surface area contributed by atoms with Crippen LogP contribution in [0, 0.1) is 0 Å². The van der Waals surface area contributed by atoms with Crippen LogP contribution >= 0.6 is 0 Å². The predicted octanol–water partition coefficient (Wildman–Crippen LogP) is 1.26. The van der Waals surface area contributed by atoms with Crippen molar-refractivity contribution in [2.45, 2.75) is 19.0 Å². The fraction of sp³-hybridized carbons (Fsp3) is 0.500. The van der Waals surface area contributed by atoms with Crippen LogP contribution in [0.1, 0.15) is 12.0 Å². The van der Waals surface area contributed by atoms with Crippen LogP contribution < -0.4 is 11.1 Å². The summed E-state index contributed by atoms with van der Waals surface area (Å²) in [5.41, 5.74) is 7.94. The Morgan fingerprint density at radius 2 is 2.13 bits per heavy atom. The van der Waals surface area contributed by atoms with Gasteiger partial charge in [0.05, 0.1) is 0 Å². The molecule has 15 heavy (non-hydrogen) atoms. The largest absolute Gasteiger partial charge is 0.381 e. The Labute approximate surface area is 91.3 Å². The number of likely N-dealkylation sites (N-methyl/N-ethyl adjacent to an activating group) is 1. The summed E-state index contributed by atoms with van der Waals surface area (Å²) >= 11 is 0. The van der Waals surface area contributed by atoms with Crippen LogP contribution in [0.4, 0.5) is 5.69 Å². The number of hydrogen-bond donors (Lipinski definition) is 2. The molecule has 1 unspecified atom stereocenters. The summed E-state index contributed by atoms with van der Waals surface area (Å²) in [5.74, 6) is 0. The number of nitrogens with two attached hydrogens (primary N) is 1. The van der Waals surface area contributed by atoms with Crippen molar-refractivity contribution < 1.29 is 0 Å². The lowest BCUT2D eigenvalue weighted by Gasteiger charge is -2.14. The first-order chi connectivity index (χ1) is 7.28. The minimum Gasteiger partial charge on any atom is -0.381 e. The van der Waals surface area contributed by atoms with E-state index in [1.54, 1.807) is 0 Å². The van der Waals surface area contributed by atoms with Gasteiger partial charge in [-0.3, -0.25) is 0 Å². The molecule has 0 aromatic heterocycles. The maximum Gasteiger partial charge on any atom is 0.0400 e. The monoisotopic (exact) mass is 205 g/mol. The van der Waals surface area contributed by atoms with Gasteiger partial charge in [-0.2, -0.15) is 0 Å². The van der Waals surface area contributed by atoms with E-state index >= 15 is 0 Å². The molecule has 3 nitrogen and oxygen atoms in total. The van der Waals surface area contributed by atoms with Crippen molar-refractivity contribution in [1.82, 2.24) is 4.90 Å². The Kier molecular flexibility index (Phi) is 3.23. The van der Waals surface area contributed by atoms with E-state index in [9.17, 15) is 0 Å². The van der Waals surface area contributed by atoms with E-state index in [1.165, 1.54) is 24.2 Å². The van der Waals surface area contributed by atoms with E-state index in [4.69, 9.17) is 5.73 Å². The Bertz CT molecular complexity index is 307. The predicted molar refractivity (Wildman–Crippen MR) is 63.9 cm³/mol. The van der Waals surface area contributed by atoms with Crippen LogP contribution in [0.3, 0.4) is 0 Å². The van der Waals surface area contributed by atoms with Crippen LogP contribution in [0.25, 0.3) is 0 Å². The molecule has 0 radical (unpaired) electrons. The van der Waals surface area contributed by atoms with Crippen molar-refractivity contribution in [2.24, 2.45) is 5.73 Å². The summed E-state index contributed by atoms with van der Waals surface area (Å²) in [5, 5.41) is 3.54. The fourth-order valence-electron chi connectivity index (χ4n) is 2.03. The van der Waals surface area contributed by atoms with Gasteiger partial charge in [0.15, 0.2) is 0 Å². The Morgan fingerprint density at radius 3 is 2.67 bits per heavy atom. The highest BCUT2D eigenvalue weighted by atomic mass is 15.2. The molecule has 82 valence electrons. The molecule has 1 aliphatic rings. The van der Waals surface area contributed by atoms with Gasteiger partial charge in [0.2, 0.25) is 0 Å². The molecule has 0 amide bonds. The highest BCUT2D eigenvalue weighted by molar-refractivity contribution is 5.45.